The van der Waals surface area contributed by atoms with Crippen LogP contribution in [0.5, 0.6) is 5.75 Å². The monoisotopic (exact) mass is 361 g/mol. The van der Waals surface area contributed by atoms with Crippen LogP contribution >= 0.6 is 23.2 Å². The Labute approximate surface area is 148 Å². The van der Waals surface area contributed by atoms with Gasteiger partial charge in [0.1, 0.15) is 5.75 Å². The standard InChI is InChI=1S/C17H25Cl2NO3/c1-2-3-10-22-11-5-9-20-17(21)6-4-12-23-16-8-7-14(18)13-15(16)19/h7-8,13H,2-6,9-12H2,1H3,(H,20,21). The van der Waals surface area contributed by atoms with Crippen molar-refractivity contribution in [3.63, 3.8) is 0 Å². The zero-order valence-electron chi connectivity index (χ0n) is 13.6. The summed E-state index contributed by atoms with van der Waals surface area (Å²) in [6.45, 7) is 4.71. The SMILES string of the molecule is CCCCOCCCNC(=O)CCCOc1ccc(Cl)cc1Cl. The topological polar surface area (TPSA) is 47.6 Å². The second-order valence-corrected chi connectivity index (χ2v) is 6.04. The molecule has 0 bridgehead atoms. The molecule has 130 valence electrons. The molecule has 0 aliphatic carbocycles. The molecular weight excluding hydrogens is 337 g/mol. The molecule has 1 rings (SSSR count). The Morgan fingerprint density at radius 1 is 1.13 bits per heavy atom. The molecule has 1 aromatic carbocycles. The Morgan fingerprint density at radius 3 is 2.65 bits per heavy atom. The van der Waals surface area contributed by atoms with Crippen LogP contribution in [0.25, 0.3) is 0 Å². The molecule has 0 aliphatic rings. The largest absolute Gasteiger partial charge is 0.492 e. The zero-order chi connectivity index (χ0) is 16.9. The highest BCUT2D eigenvalue weighted by atomic mass is 35.5. The van der Waals surface area contributed by atoms with Crippen LogP contribution in [0.3, 0.4) is 0 Å². The first-order valence-electron chi connectivity index (χ1n) is 8.05. The number of nitrogens with one attached hydrogen (secondary N) is 1. The minimum Gasteiger partial charge on any atom is -0.492 e. The van der Waals surface area contributed by atoms with E-state index in [2.05, 4.69) is 12.2 Å². The van der Waals surface area contributed by atoms with Gasteiger partial charge in [-0.1, -0.05) is 36.5 Å². The van der Waals surface area contributed by atoms with Crippen molar-refractivity contribution in [1.29, 1.82) is 0 Å². The van der Waals surface area contributed by atoms with Gasteiger partial charge in [0, 0.05) is 31.2 Å². The maximum Gasteiger partial charge on any atom is 0.220 e. The molecule has 0 aromatic heterocycles. The molecule has 6 heteroatoms. The molecule has 0 saturated carbocycles. The quantitative estimate of drug-likeness (QED) is 0.558. The molecule has 0 fully saturated rings. The normalized spacial score (nSPS) is 10.6. The van der Waals surface area contributed by atoms with Gasteiger partial charge in [-0.25, -0.2) is 0 Å². The summed E-state index contributed by atoms with van der Waals surface area (Å²) in [5.41, 5.74) is 0. The third-order valence-electron chi connectivity index (χ3n) is 3.13. The summed E-state index contributed by atoms with van der Waals surface area (Å²) in [4.78, 5) is 11.7. The molecule has 0 radical (unpaired) electrons. The lowest BCUT2D eigenvalue weighted by Crippen LogP contribution is -2.25. The van der Waals surface area contributed by atoms with Crippen LogP contribution < -0.4 is 10.1 Å². The predicted octanol–water partition coefficient (Wildman–Crippen LogP) is 4.48. The Balaban J connectivity index is 2.01. The minimum absolute atomic E-state index is 0.0318. The minimum atomic E-state index is 0.0318. The highest BCUT2D eigenvalue weighted by Gasteiger charge is 2.04. The van der Waals surface area contributed by atoms with E-state index in [0.717, 1.165) is 25.9 Å². The summed E-state index contributed by atoms with van der Waals surface area (Å²) in [7, 11) is 0. The average molecular weight is 362 g/mol. The zero-order valence-corrected chi connectivity index (χ0v) is 15.1. The molecule has 1 amide bonds. The van der Waals surface area contributed by atoms with E-state index >= 15 is 0 Å². The molecular formula is C17H25Cl2NO3. The van der Waals surface area contributed by atoms with Crippen molar-refractivity contribution in [1.82, 2.24) is 5.32 Å². The highest BCUT2D eigenvalue weighted by molar-refractivity contribution is 6.35. The summed E-state index contributed by atoms with van der Waals surface area (Å²) in [6, 6.07) is 5.08. The Kier molecular flexibility index (Phi) is 10.9. The van der Waals surface area contributed by atoms with Crippen molar-refractivity contribution in [2.75, 3.05) is 26.4 Å². The number of halogens is 2. The van der Waals surface area contributed by atoms with Gasteiger partial charge in [0.2, 0.25) is 5.91 Å². The fourth-order valence-corrected chi connectivity index (χ4v) is 2.31. The number of carbonyl (C=O) groups is 1. The Hall–Kier alpha value is -0.970. The van der Waals surface area contributed by atoms with Gasteiger partial charge < -0.3 is 14.8 Å². The van der Waals surface area contributed by atoms with E-state index in [0.29, 0.717) is 48.4 Å². The van der Waals surface area contributed by atoms with Gasteiger partial charge >= 0.3 is 0 Å². The molecule has 0 atom stereocenters. The van der Waals surface area contributed by atoms with Crippen molar-refractivity contribution in [3.8, 4) is 5.75 Å². The molecule has 1 aromatic rings. The van der Waals surface area contributed by atoms with Crippen LogP contribution in [-0.2, 0) is 9.53 Å². The first-order chi connectivity index (χ1) is 11.1. The maximum atomic E-state index is 11.7. The van der Waals surface area contributed by atoms with Gasteiger partial charge in [-0.05, 0) is 37.5 Å². The number of benzene rings is 1. The molecule has 0 saturated heterocycles. The van der Waals surface area contributed by atoms with Gasteiger partial charge in [-0.3, -0.25) is 4.79 Å². The molecule has 0 heterocycles. The molecule has 0 unspecified atom stereocenters. The van der Waals surface area contributed by atoms with Crippen molar-refractivity contribution in [3.05, 3.63) is 28.2 Å². The van der Waals surface area contributed by atoms with Crippen molar-refractivity contribution >= 4 is 29.1 Å². The number of amides is 1. The van der Waals surface area contributed by atoms with Gasteiger partial charge in [0.25, 0.3) is 0 Å². The number of ether oxygens (including phenoxy) is 2. The molecule has 1 N–H and O–H groups in total. The molecule has 0 spiro atoms. The molecule has 23 heavy (non-hydrogen) atoms. The fraction of sp³-hybridized carbons (Fsp3) is 0.588. The van der Waals surface area contributed by atoms with E-state index in [9.17, 15) is 4.79 Å². The first kappa shape index (κ1) is 20.1. The van der Waals surface area contributed by atoms with E-state index in [-0.39, 0.29) is 5.91 Å². The lowest BCUT2D eigenvalue weighted by Gasteiger charge is -2.09. The lowest BCUT2D eigenvalue weighted by molar-refractivity contribution is -0.121. The highest BCUT2D eigenvalue weighted by Crippen LogP contribution is 2.27. The van der Waals surface area contributed by atoms with E-state index in [1.807, 2.05) is 0 Å². The van der Waals surface area contributed by atoms with Crippen LogP contribution in [0, 0.1) is 0 Å². The summed E-state index contributed by atoms with van der Waals surface area (Å²) in [5.74, 6) is 0.616. The summed E-state index contributed by atoms with van der Waals surface area (Å²) >= 11 is 11.8. The van der Waals surface area contributed by atoms with Gasteiger partial charge in [-0.15, -0.1) is 0 Å². The van der Waals surface area contributed by atoms with E-state index in [1.165, 1.54) is 0 Å². The number of rotatable bonds is 12. The smallest absolute Gasteiger partial charge is 0.220 e. The van der Waals surface area contributed by atoms with E-state index < -0.39 is 0 Å². The van der Waals surface area contributed by atoms with Crippen LogP contribution in [-0.4, -0.2) is 32.3 Å². The molecule has 4 nitrogen and oxygen atoms in total. The van der Waals surface area contributed by atoms with Crippen LogP contribution in [0.1, 0.15) is 39.0 Å². The second-order valence-electron chi connectivity index (χ2n) is 5.20. The van der Waals surface area contributed by atoms with Gasteiger partial charge in [-0.2, -0.15) is 0 Å². The van der Waals surface area contributed by atoms with Crippen molar-refractivity contribution in [2.24, 2.45) is 0 Å². The van der Waals surface area contributed by atoms with E-state index in [1.54, 1.807) is 18.2 Å². The van der Waals surface area contributed by atoms with Gasteiger partial charge in [0.05, 0.1) is 11.6 Å². The van der Waals surface area contributed by atoms with E-state index in [4.69, 9.17) is 32.7 Å². The van der Waals surface area contributed by atoms with Gasteiger partial charge in [0.15, 0.2) is 0 Å². The maximum absolute atomic E-state index is 11.7. The van der Waals surface area contributed by atoms with Crippen LogP contribution in [0.15, 0.2) is 18.2 Å². The van der Waals surface area contributed by atoms with Crippen LogP contribution in [0.2, 0.25) is 10.0 Å². The molecule has 0 aliphatic heterocycles. The number of carbonyl (C=O) groups excluding carboxylic acids is 1. The Bertz CT molecular complexity index is 469. The lowest BCUT2D eigenvalue weighted by atomic mass is 10.3. The third kappa shape index (κ3) is 9.69. The predicted molar refractivity (Wildman–Crippen MR) is 94.5 cm³/mol. The second kappa shape index (κ2) is 12.5. The fourth-order valence-electron chi connectivity index (χ4n) is 1.85. The summed E-state index contributed by atoms with van der Waals surface area (Å²) < 4.78 is 11.0. The number of hydrogen-bond donors (Lipinski definition) is 1. The third-order valence-corrected chi connectivity index (χ3v) is 3.66. The number of unbranched alkanes of at least 4 members (excludes halogenated alkanes) is 1. The van der Waals surface area contributed by atoms with Crippen LogP contribution in [0.4, 0.5) is 0 Å². The first-order valence-corrected chi connectivity index (χ1v) is 8.81. The average Bonchev–Trinajstić information content (AvgIpc) is 2.52. The van der Waals surface area contributed by atoms with Crippen molar-refractivity contribution in [2.45, 2.75) is 39.0 Å². The Morgan fingerprint density at radius 2 is 1.91 bits per heavy atom. The summed E-state index contributed by atoms with van der Waals surface area (Å²) in [6.07, 6.45) is 4.13. The number of hydrogen-bond acceptors (Lipinski definition) is 3. The summed E-state index contributed by atoms with van der Waals surface area (Å²) in [5, 5.41) is 3.92. The van der Waals surface area contributed by atoms with Crippen molar-refractivity contribution < 1.29 is 14.3 Å².